The molecule has 1 aromatic carbocycles. The molecule has 0 aromatic heterocycles. The molecular formula is C14H21NO2S. The summed E-state index contributed by atoms with van der Waals surface area (Å²) in [6.45, 7) is 2.15. The number of hydrogen-bond acceptors (Lipinski definition) is 3. The maximum atomic E-state index is 11.6. The van der Waals surface area contributed by atoms with Gasteiger partial charge >= 0.3 is 0 Å². The number of hydrogen-bond donors (Lipinski definition) is 1. The van der Waals surface area contributed by atoms with Crippen LogP contribution >= 0.6 is 0 Å². The van der Waals surface area contributed by atoms with Crippen LogP contribution in [0.25, 0.3) is 0 Å². The largest absolute Gasteiger partial charge is 0.313 e. The third-order valence-electron chi connectivity index (χ3n) is 4.01. The van der Waals surface area contributed by atoms with Gasteiger partial charge in [0.15, 0.2) is 9.84 Å². The predicted octanol–water partition coefficient (Wildman–Crippen LogP) is 2.02. The molecule has 3 unspecified atom stereocenters. The molecule has 2 rings (SSSR count). The molecule has 1 fully saturated rings. The lowest BCUT2D eigenvalue weighted by atomic mass is 9.84. The zero-order chi connectivity index (χ0) is 13.2. The van der Waals surface area contributed by atoms with Crippen LogP contribution in [0.5, 0.6) is 0 Å². The first-order chi connectivity index (χ1) is 8.53. The lowest BCUT2D eigenvalue weighted by Crippen LogP contribution is -2.29. The van der Waals surface area contributed by atoms with Gasteiger partial charge in [0.2, 0.25) is 0 Å². The highest BCUT2D eigenvalue weighted by atomic mass is 32.2. The molecule has 3 atom stereocenters. The molecule has 0 amide bonds. The van der Waals surface area contributed by atoms with E-state index in [2.05, 4.69) is 24.4 Å². The van der Waals surface area contributed by atoms with Gasteiger partial charge in [0.05, 0.1) is 11.5 Å². The minimum Gasteiger partial charge on any atom is -0.313 e. The topological polar surface area (TPSA) is 46.2 Å². The first kappa shape index (κ1) is 13.6. The molecule has 1 saturated heterocycles. The highest BCUT2D eigenvalue weighted by molar-refractivity contribution is 7.91. The van der Waals surface area contributed by atoms with E-state index < -0.39 is 9.84 Å². The summed E-state index contributed by atoms with van der Waals surface area (Å²) in [6.07, 6.45) is 0.800. The van der Waals surface area contributed by atoms with E-state index >= 15 is 0 Å². The van der Waals surface area contributed by atoms with Gasteiger partial charge in [0.1, 0.15) is 0 Å². The summed E-state index contributed by atoms with van der Waals surface area (Å²) >= 11 is 0. The Morgan fingerprint density at radius 3 is 2.44 bits per heavy atom. The second-order valence-corrected chi connectivity index (χ2v) is 7.43. The number of benzene rings is 1. The smallest absolute Gasteiger partial charge is 0.150 e. The Hall–Kier alpha value is -0.870. The number of nitrogens with one attached hydrogen (secondary N) is 1. The third-order valence-corrected chi connectivity index (χ3v) is 5.80. The van der Waals surface area contributed by atoms with Gasteiger partial charge in [-0.25, -0.2) is 8.42 Å². The van der Waals surface area contributed by atoms with Gasteiger partial charge in [-0.3, -0.25) is 0 Å². The van der Waals surface area contributed by atoms with Crippen LogP contribution in [0.15, 0.2) is 30.3 Å². The van der Waals surface area contributed by atoms with E-state index in [4.69, 9.17) is 0 Å². The molecule has 0 saturated carbocycles. The Balaban J connectivity index is 2.14. The SMILES string of the molecule is CNC(c1ccccc1)C(C)C1CCS(=O)(=O)C1. The molecular weight excluding hydrogens is 246 g/mol. The van der Waals surface area contributed by atoms with Gasteiger partial charge in [-0.1, -0.05) is 37.3 Å². The van der Waals surface area contributed by atoms with Crippen molar-refractivity contribution in [2.24, 2.45) is 11.8 Å². The van der Waals surface area contributed by atoms with Crippen LogP contribution in [0.4, 0.5) is 0 Å². The van der Waals surface area contributed by atoms with Crippen LogP contribution in [0.2, 0.25) is 0 Å². The highest BCUT2D eigenvalue weighted by Crippen LogP contribution is 2.34. The Labute approximate surface area is 110 Å². The van der Waals surface area contributed by atoms with Crippen molar-refractivity contribution in [3.63, 3.8) is 0 Å². The van der Waals surface area contributed by atoms with E-state index in [1.807, 2.05) is 25.2 Å². The van der Waals surface area contributed by atoms with E-state index in [-0.39, 0.29) is 12.0 Å². The predicted molar refractivity (Wildman–Crippen MR) is 74.2 cm³/mol. The summed E-state index contributed by atoms with van der Waals surface area (Å²) in [6, 6.07) is 10.5. The van der Waals surface area contributed by atoms with Crippen molar-refractivity contribution in [2.75, 3.05) is 18.6 Å². The Morgan fingerprint density at radius 2 is 1.94 bits per heavy atom. The maximum Gasteiger partial charge on any atom is 0.150 e. The molecule has 1 N–H and O–H groups in total. The van der Waals surface area contributed by atoms with Crippen molar-refractivity contribution in [1.29, 1.82) is 0 Å². The molecule has 18 heavy (non-hydrogen) atoms. The molecule has 0 radical (unpaired) electrons. The lowest BCUT2D eigenvalue weighted by Gasteiger charge is -2.28. The second-order valence-electron chi connectivity index (χ2n) is 5.20. The van der Waals surface area contributed by atoms with Crippen LogP contribution in [-0.2, 0) is 9.84 Å². The van der Waals surface area contributed by atoms with Gasteiger partial charge in [0, 0.05) is 6.04 Å². The minimum absolute atomic E-state index is 0.226. The highest BCUT2D eigenvalue weighted by Gasteiger charge is 2.35. The van der Waals surface area contributed by atoms with Crippen LogP contribution in [0.1, 0.15) is 24.9 Å². The van der Waals surface area contributed by atoms with Crippen LogP contribution in [-0.4, -0.2) is 27.0 Å². The first-order valence-electron chi connectivity index (χ1n) is 6.46. The third kappa shape index (κ3) is 2.93. The van der Waals surface area contributed by atoms with Crippen LogP contribution in [0.3, 0.4) is 0 Å². The van der Waals surface area contributed by atoms with Gasteiger partial charge in [-0.05, 0) is 30.9 Å². The van der Waals surface area contributed by atoms with Crippen molar-refractivity contribution in [1.82, 2.24) is 5.32 Å². The fraction of sp³-hybridized carbons (Fsp3) is 0.571. The zero-order valence-electron chi connectivity index (χ0n) is 11.0. The van der Waals surface area contributed by atoms with Crippen LogP contribution in [0, 0.1) is 11.8 Å². The fourth-order valence-electron chi connectivity index (χ4n) is 2.90. The minimum atomic E-state index is -2.79. The monoisotopic (exact) mass is 267 g/mol. The number of sulfone groups is 1. The standard InChI is InChI=1S/C14H21NO2S/c1-11(13-8-9-18(16,17)10-13)14(15-2)12-6-4-3-5-7-12/h3-7,11,13-15H,8-10H2,1-2H3. The summed E-state index contributed by atoms with van der Waals surface area (Å²) in [5.41, 5.74) is 1.23. The van der Waals surface area contributed by atoms with E-state index in [0.717, 1.165) is 6.42 Å². The van der Waals surface area contributed by atoms with Crippen molar-refractivity contribution in [2.45, 2.75) is 19.4 Å². The Morgan fingerprint density at radius 1 is 1.28 bits per heavy atom. The van der Waals surface area contributed by atoms with Crippen molar-refractivity contribution < 1.29 is 8.42 Å². The first-order valence-corrected chi connectivity index (χ1v) is 8.28. The van der Waals surface area contributed by atoms with E-state index in [1.165, 1.54) is 5.56 Å². The molecule has 1 aromatic rings. The van der Waals surface area contributed by atoms with Gasteiger partial charge in [-0.2, -0.15) is 0 Å². The fourth-order valence-corrected chi connectivity index (χ4v) is 4.86. The molecule has 1 aliphatic rings. The van der Waals surface area contributed by atoms with Crippen molar-refractivity contribution >= 4 is 9.84 Å². The normalized spacial score (nSPS) is 25.8. The van der Waals surface area contributed by atoms with Crippen LogP contribution < -0.4 is 5.32 Å². The van der Waals surface area contributed by atoms with E-state index in [0.29, 0.717) is 17.4 Å². The molecule has 1 heterocycles. The summed E-state index contributed by atoms with van der Waals surface area (Å²) in [5, 5.41) is 3.33. The quantitative estimate of drug-likeness (QED) is 0.908. The van der Waals surface area contributed by atoms with E-state index in [1.54, 1.807) is 0 Å². The van der Waals surface area contributed by atoms with Gasteiger partial charge in [-0.15, -0.1) is 0 Å². The van der Waals surface area contributed by atoms with E-state index in [9.17, 15) is 8.42 Å². The average Bonchev–Trinajstić information content (AvgIpc) is 2.72. The summed E-state index contributed by atoms with van der Waals surface area (Å²) in [7, 11) is -0.850. The van der Waals surface area contributed by atoms with Gasteiger partial charge < -0.3 is 5.32 Å². The summed E-state index contributed by atoms with van der Waals surface area (Å²) < 4.78 is 23.1. The maximum absolute atomic E-state index is 11.6. The summed E-state index contributed by atoms with van der Waals surface area (Å²) in [4.78, 5) is 0. The Bertz CT molecular complexity index is 484. The lowest BCUT2D eigenvalue weighted by molar-refractivity contribution is 0.303. The second kappa shape index (κ2) is 5.41. The molecule has 0 spiro atoms. The zero-order valence-corrected chi connectivity index (χ0v) is 11.8. The van der Waals surface area contributed by atoms with Crippen molar-refractivity contribution in [3.8, 4) is 0 Å². The van der Waals surface area contributed by atoms with Gasteiger partial charge in [0.25, 0.3) is 0 Å². The average molecular weight is 267 g/mol. The number of rotatable bonds is 4. The molecule has 0 bridgehead atoms. The molecule has 3 nitrogen and oxygen atoms in total. The molecule has 100 valence electrons. The molecule has 4 heteroatoms. The summed E-state index contributed by atoms with van der Waals surface area (Å²) in [5.74, 6) is 1.30. The van der Waals surface area contributed by atoms with Crippen molar-refractivity contribution in [3.05, 3.63) is 35.9 Å². The molecule has 1 aliphatic heterocycles. The Kier molecular flexibility index (Phi) is 4.07. The molecule has 0 aliphatic carbocycles.